The quantitative estimate of drug-likeness (QED) is 0.804. The molecule has 0 saturated carbocycles. The summed E-state index contributed by atoms with van der Waals surface area (Å²) in [5.74, 6) is 1.48. The number of rotatable bonds is 4. The monoisotopic (exact) mass is 300 g/mol. The Labute approximate surface area is 126 Å². The maximum absolute atomic E-state index is 12.0. The summed E-state index contributed by atoms with van der Waals surface area (Å²) in [7, 11) is 0. The Hall–Kier alpha value is -2.21. The smallest absolute Gasteiger partial charge is 0.251 e. The van der Waals surface area contributed by atoms with E-state index in [1.54, 1.807) is 28.0 Å². The number of fused-ring (bicyclic) bond motifs is 1. The topological polar surface area (TPSA) is 59.8 Å². The lowest BCUT2D eigenvalue weighted by Crippen LogP contribution is -2.22. The van der Waals surface area contributed by atoms with Crippen molar-refractivity contribution in [2.45, 2.75) is 20.4 Å². The largest absolute Gasteiger partial charge is 0.370 e. The zero-order chi connectivity index (χ0) is 14.8. The van der Waals surface area contributed by atoms with Crippen LogP contribution in [0.3, 0.4) is 0 Å². The van der Waals surface area contributed by atoms with E-state index in [1.165, 1.54) is 0 Å². The molecule has 21 heavy (non-hydrogen) atoms. The van der Waals surface area contributed by atoms with Crippen LogP contribution < -0.4 is 10.9 Å². The molecule has 3 heterocycles. The summed E-state index contributed by atoms with van der Waals surface area (Å²) in [6.45, 7) is 5.13. The number of nitrogens with zero attached hydrogens (tertiary/aromatic N) is 3. The van der Waals surface area contributed by atoms with Gasteiger partial charge in [-0.05, 0) is 31.4 Å². The number of nitrogens with one attached hydrogen (secondary N) is 1. The summed E-state index contributed by atoms with van der Waals surface area (Å²) < 4.78 is 1.69. The Morgan fingerprint density at radius 1 is 1.29 bits per heavy atom. The first-order valence-corrected chi connectivity index (χ1v) is 7.71. The van der Waals surface area contributed by atoms with E-state index < -0.39 is 0 Å². The van der Waals surface area contributed by atoms with Gasteiger partial charge < -0.3 is 9.88 Å². The van der Waals surface area contributed by atoms with E-state index in [1.807, 2.05) is 31.4 Å². The van der Waals surface area contributed by atoms with Crippen LogP contribution in [0.4, 0.5) is 5.82 Å². The third kappa shape index (κ3) is 2.67. The molecule has 0 spiro atoms. The predicted molar refractivity (Wildman–Crippen MR) is 86.1 cm³/mol. The van der Waals surface area contributed by atoms with Crippen molar-refractivity contribution in [3.8, 4) is 0 Å². The van der Waals surface area contributed by atoms with Crippen LogP contribution in [-0.2, 0) is 6.54 Å². The Balaban J connectivity index is 2.06. The molecule has 108 valence electrons. The third-order valence-corrected chi connectivity index (χ3v) is 4.09. The van der Waals surface area contributed by atoms with E-state index in [9.17, 15) is 4.79 Å². The molecule has 0 aromatic carbocycles. The molecule has 0 bridgehead atoms. The summed E-state index contributed by atoms with van der Waals surface area (Å²) in [5.41, 5.74) is 0.872. The number of aromatic nitrogens is 3. The second kappa shape index (κ2) is 5.65. The molecular formula is C15H16N4OS. The van der Waals surface area contributed by atoms with Crippen molar-refractivity contribution < 1.29 is 0 Å². The highest BCUT2D eigenvalue weighted by atomic mass is 32.1. The number of hydrogen-bond acceptors (Lipinski definition) is 5. The first-order chi connectivity index (χ1) is 10.2. The van der Waals surface area contributed by atoms with Crippen molar-refractivity contribution in [2.75, 3.05) is 11.9 Å². The van der Waals surface area contributed by atoms with E-state index in [2.05, 4.69) is 15.3 Å². The van der Waals surface area contributed by atoms with E-state index in [-0.39, 0.29) is 5.56 Å². The van der Waals surface area contributed by atoms with Gasteiger partial charge in [-0.2, -0.15) is 0 Å². The van der Waals surface area contributed by atoms with Crippen molar-refractivity contribution in [1.29, 1.82) is 0 Å². The first kappa shape index (κ1) is 13.8. The molecule has 3 rings (SSSR count). The minimum atomic E-state index is -0.0325. The Bertz CT molecular complexity index is 837. The molecule has 0 atom stereocenters. The van der Waals surface area contributed by atoms with Crippen molar-refractivity contribution in [3.63, 3.8) is 0 Å². The number of thiophene rings is 1. The first-order valence-electron chi connectivity index (χ1n) is 6.83. The lowest BCUT2D eigenvalue weighted by molar-refractivity contribution is 0.696. The summed E-state index contributed by atoms with van der Waals surface area (Å²) in [6, 6.07) is 7.25. The lowest BCUT2D eigenvalue weighted by Gasteiger charge is -2.10. The molecule has 6 heteroatoms. The summed E-state index contributed by atoms with van der Waals surface area (Å²) in [6.07, 6.45) is 0. The molecule has 5 nitrogen and oxygen atoms in total. The van der Waals surface area contributed by atoms with Crippen molar-refractivity contribution in [3.05, 3.63) is 51.5 Å². The summed E-state index contributed by atoms with van der Waals surface area (Å²) >= 11 is 1.58. The number of anilines is 1. The summed E-state index contributed by atoms with van der Waals surface area (Å²) in [4.78, 5) is 22.0. The molecule has 0 saturated heterocycles. The summed E-state index contributed by atoms with van der Waals surface area (Å²) in [5, 5.41) is 6.29. The van der Waals surface area contributed by atoms with Crippen LogP contribution in [0.2, 0.25) is 0 Å². The standard InChI is InChI=1S/C15H16N4OS/c1-3-16-14-11-7-8-21-15(11)18-12(17-14)9-19-10(2)5-4-6-13(19)20/h4-8H,3,9H2,1-2H3,(H,16,17,18). The maximum Gasteiger partial charge on any atom is 0.251 e. The van der Waals surface area contributed by atoms with Gasteiger partial charge in [0, 0.05) is 18.3 Å². The Kier molecular flexibility index (Phi) is 3.70. The van der Waals surface area contributed by atoms with Gasteiger partial charge in [0.15, 0.2) is 5.82 Å². The number of pyridine rings is 1. The highest BCUT2D eigenvalue weighted by Gasteiger charge is 2.10. The van der Waals surface area contributed by atoms with Crippen LogP contribution in [-0.4, -0.2) is 21.1 Å². The highest BCUT2D eigenvalue weighted by molar-refractivity contribution is 7.16. The average molecular weight is 300 g/mol. The van der Waals surface area contributed by atoms with Gasteiger partial charge in [-0.1, -0.05) is 6.07 Å². The predicted octanol–water partition coefficient (Wildman–Crippen LogP) is 2.64. The highest BCUT2D eigenvalue weighted by Crippen LogP contribution is 2.25. The third-order valence-electron chi connectivity index (χ3n) is 3.28. The molecule has 0 aliphatic carbocycles. The molecule has 0 fully saturated rings. The molecular weight excluding hydrogens is 284 g/mol. The number of hydrogen-bond donors (Lipinski definition) is 1. The van der Waals surface area contributed by atoms with E-state index in [4.69, 9.17) is 0 Å². The van der Waals surface area contributed by atoms with E-state index in [0.717, 1.165) is 28.3 Å². The van der Waals surface area contributed by atoms with Crippen molar-refractivity contribution >= 4 is 27.4 Å². The van der Waals surface area contributed by atoms with Gasteiger partial charge in [-0.25, -0.2) is 9.97 Å². The van der Waals surface area contributed by atoms with Crippen LogP contribution in [0.1, 0.15) is 18.4 Å². The van der Waals surface area contributed by atoms with Crippen molar-refractivity contribution in [1.82, 2.24) is 14.5 Å². The second-order valence-electron chi connectivity index (χ2n) is 4.75. The zero-order valence-electron chi connectivity index (χ0n) is 12.0. The fourth-order valence-electron chi connectivity index (χ4n) is 2.24. The molecule has 3 aromatic rings. The molecule has 3 aromatic heterocycles. The van der Waals surface area contributed by atoms with E-state index in [0.29, 0.717) is 12.4 Å². The molecule has 0 unspecified atom stereocenters. The maximum atomic E-state index is 12.0. The minimum Gasteiger partial charge on any atom is -0.370 e. The Morgan fingerprint density at radius 2 is 2.14 bits per heavy atom. The fourth-order valence-corrected chi connectivity index (χ4v) is 3.02. The fraction of sp³-hybridized carbons (Fsp3) is 0.267. The van der Waals surface area contributed by atoms with Gasteiger partial charge in [0.1, 0.15) is 10.6 Å². The van der Waals surface area contributed by atoms with Crippen molar-refractivity contribution in [2.24, 2.45) is 0 Å². The van der Waals surface area contributed by atoms with Gasteiger partial charge in [-0.15, -0.1) is 11.3 Å². The van der Waals surface area contributed by atoms with Crippen LogP contribution in [0.5, 0.6) is 0 Å². The molecule has 0 aliphatic heterocycles. The number of aryl methyl sites for hydroxylation is 1. The minimum absolute atomic E-state index is 0.0325. The average Bonchev–Trinajstić information content (AvgIpc) is 2.92. The molecule has 0 amide bonds. The second-order valence-corrected chi connectivity index (χ2v) is 5.64. The molecule has 1 N–H and O–H groups in total. The van der Waals surface area contributed by atoms with Crippen LogP contribution in [0.15, 0.2) is 34.4 Å². The van der Waals surface area contributed by atoms with Gasteiger partial charge in [0.2, 0.25) is 0 Å². The Morgan fingerprint density at radius 3 is 2.90 bits per heavy atom. The van der Waals surface area contributed by atoms with Crippen LogP contribution in [0.25, 0.3) is 10.2 Å². The van der Waals surface area contributed by atoms with Gasteiger partial charge >= 0.3 is 0 Å². The van der Waals surface area contributed by atoms with Gasteiger partial charge in [0.05, 0.1) is 11.9 Å². The SMILES string of the molecule is CCNc1nc(Cn2c(C)cccc2=O)nc2sccc12. The van der Waals surface area contributed by atoms with E-state index >= 15 is 0 Å². The van der Waals surface area contributed by atoms with Gasteiger partial charge in [-0.3, -0.25) is 4.79 Å². The van der Waals surface area contributed by atoms with Gasteiger partial charge in [0.25, 0.3) is 5.56 Å². The van der Waals surface area contributed by atoms with Crippen LogP contribution in [0, 0.1) is 6.92 Å². The lowest BCUT2D eigenvalue weighted by atomic mass is 10.3. The normalized spacial score (nSPS) is 11.0. The molecule has 0 radical (unpaired) electrons. The molecule has 0 aliphatic rings. The zero-order valence-corrected chi connectivity index (χ0v) is 12.8. The van der Waals surface area contributed by atoms with Crippen LogP contribution >= 0.6 is 11.3 Å².